The van der Waals surface area contributed by atoms with Crippen LogP contribution in [0.1, 0.15) is 5.56 Å². The maximum Gasteiger partial charge on any atom is 0.199 e. The van der Waals surface area contributed by atoms with Crippen molar-refractivity contribution in [2.45, 2.75) is 20.1 Å². The lowest BCUT2D eigenvalue weighted by Crippen LogP contribution is -2.47. The molecule has 0 aliphatic carbocycles. The molecule has 0 unspecified atom stereocenters. The summed E-state index contributed by atoms with van der Waals surface area (Å²) < 4.78 is 4.54. The highest BCUT2D eigenvalue weighted by Crippen LogP contribution is 2.25. The van der Waals surface area contributed by atoms with Crippen LogP contribution in [0.25, 0.3) is 0 Å². The van der Waals surface area contributed by atoms with Crippen LogP contribution in [-0.4, -0.2) is 45.4 Å². The van der Waals surface area contributed by atoms with Crippen LogP contribution in [0.15, 0.2) is 37.2 Å². The van der Waals surface area contributed by atoms with Crippen molar-refractivity contribution in [3.8, 4) is 0 Å². The minimum absolute atomic E-state index is 0.695. The van der Waals surface area contributed by atoms with E-state index in [2.05, 4.69) is 40.5 Å². The van der Waals surface area contributed by atoms with Gasteiger partial charge >= 0.3 is 0 Å². The number of benzene rings is 1. The van der Waals surface area contributed by atoms with Gasteiger partial charge in [-0.1, -0.05) is 23.7 Å². The number of piperazine rings is 1. The Kier molecular flexibility index (Phi) is 5.38. The molecule has 0 atom stereocenters. The molecule has 1 aromatic carbocycles. The Hall–Kier alpha value is -1.63. The number of hydrogen-bond donors (Lipinski definition) is 0. The average Bonchev–Trinajstić information content (AvgIpc) is 2.92. The highest BCUT2D eigenvalue weighted by atomic mass is 35.5. The van der Waals surface area contributed by atoms with Gasteiger partial charge in [0.15, 0.2) is 4.77 Å². The van der Waals surface area contributed by atoms with Gasteiger partial charge in [0.1, 0.15) is 6.33 Å². The lowest BCUT2D eigenvalue weighted by Gasteiger charge is -2.36. The molecule has 5 nitrogen and oxygen atoms in total. The largest absolute Gasteiger partial charge is 0.369 e. The average molecular weight is 364 g/mol. The summed E-state index contributed by atoms with van der Waals surface area (Å²) in [6.45, 7) is 11.2. The van der Waals surface area contributed by atoms with Gasteiger partial charge in [-0.3, -0.25) is 4.90 Å². The second-order valence-corrected chi connectivity index (χ2v) is 6.83. The number of aromatic nitrogens is 3. The second-order valence-electron chi connectivity index (χ2n) is 6.03. The van der Waals surface area contributed by atoms with Crippen LogP contribution in [0.5, 0.6) is 0 Å². The smallest absolute Gasteiger partial charge is 0.199 e. The molecule has 1 aliphatic rings. The molecule has 0 radical (unpaired) electrons. The molecule has 0 amide bonds. The van der Waals surface area contributed by atoms with Gasteiger partial charge in [-0.05, 0) is 36.8 Å². The minimum Gasteiger partial charge on any atom is -0.369 e. The fourth-order valence-corrected chi connectivity index (χ4v) is 3.37. The molecular weight excluding hydrogens is 342 g/mol. The Balaban J connectivity index is 1.62. The second kappa shape index (κ2) is 7.51. The number of anilines is 1. The third kappa shape index (κ3) is 3.71. The lowest BCUT2D eigenvalue weighted by atomic mass is 10.1. The Morgan fingerprint density at radius 1 is 1.29 bits per heavy atom. The van der Waals surface area contributed by atoms with E-state index in [1.54, 1.807) is 6.33 Å². The summed E-state index contributed by atoms with van der Waals surface area (Å²) >= 11 is 11.6. The van der Waals surface area contributed by atoms with Gasteiger partial charge in [-0.2, -0.15) is 5.10 Å². The van der Waals surface area contributed by atoms with Gasteiger partial charge in [-0.15, -0.1) is 6.58 Å². The molecule has 1 fully saturated rings. The van der Waals surface area contributed by atoms with Gasteiger partial charge in [0.05, 0.1) is 6.67 Å². The van der Waals surface area contributed by atoms with Gasteiger partial charge in [-0.25, -0.2) is 4.68 Å². The van der Waals surface area contributed by atoms with Crippen LogP contribution in [0.4, 0.5) is 5.69 Å². The van der Waals surface area contributed by atoms with E-state index in [0.29, 0.717) is 6.54 Å². The van der Waals surface area contributed by atoms with E-state index in [1.807, 2.05) is 21.4 Å². The molecule has 2 aromatic rings. The summed E-state index contributed by atoms with van der Waals surface area (Å²) in [6.07, 6.45) is 3.60. The van der Waals surface area contributed by atoms with E-state index < -0.39 is 0 Å². The standard InChI is InChI=1S/C17H22ClN5S/c1-3-6-22-12-19-23(17(22)24)13-20-7-9-21(10-8-20)16-11-15(18)5-4-14(16)2/h3-5,11-12H,1,6-10,13H2,2H3. The number of rotatable bonds is 5. The number of nitrogens with zero attached hydrogens (tertiary/aromatic N) is 5. The summed E-state index contributed by atoms with van der Waals surface area (Å²) in [5.41, 5.74) is 2.49. The predicted octanol–water partition coefficient (Wildman–Crippen LogP) is 3.34. The van der Waals surface area contributed by atoms with Crippen molar-refractivity contribution >= 4 is 29.5 Å². The highest BCUT2D eigenvalue weighted by molar-refractivity contribution is 7.71. The first-order chi connectivity index (χ1) is 11.6. The van der Waals surface area contributed by atoms with Gasteiger partial charge < -0.3 is 9.47 Å². The molecule has 128 valence electrons. The fraction of sp³-hybridized carbons (Fsp3) is 0.412. The molecule has 24 heavy (non-hydrogen) atoms. The van der Waals surface area contributed by atoms with Crippen molar-refractivity contribution < 1.29 is 0 Å². The zero-order chi connectivity index (χ0) is 17.1. The predicted molar refractivity (Wildman–Crippen MR) is 101 cm³/mol. The molecule has 0 bridgehead atoms. The van der Waals surface area contributed by atoms with Gasteiger partial charge in [0.25, 0.3) is 0 Å². The maximum absolute atomic E-state index is 6.15. The highest BCUT2D eigenvalue weighted by Gasteiger charge is 2.19. The molecule has 3 rings (SSSR count). The van der Waals surface area contributed by atoms with Crippen molar-refractivity contribution in [1.29, 1.82) is 0 Å². The zero-order valence-corrected chi connectivity index (χ0v) is 15.4. The van der Waals surface area contributed by atoms with Crippen LogP contribution in [0.3, 0.4) is 0 Å². The first-order valence-corrected chi connectivity index (χ1v) is 8.83. The van der Waals surface area contributed by atoms with E-state index in [4.69, 9.17) is 23.8 Å². The third-order valence-electron chi connectivity index (χ3n) is 4.34. The SMILES string of the molecule is C=CCn1cnn(CN2CCN(c3cc(Cl)ccc3C)CC2)c1=S. The summed E-state index contributed by atoms with van der Waals surface area (Å²) in [5.74, 6) is 0. The summed E-state index contributed by atoms with van der Waals surface area (Å²) in [7, 11) is 0. The van der Waals surface area contributed by atoms with E-state index in [0.717, 1.165) is 42.6 Å². The Labute approximate surface area is 152 Å². The van der Waals surface area contributed by atoms with Crippen molar-refractivity contribution in [3.63, 3.8) is 0 Å². The fourth-order valence-electron chi connectivity index (χ4n) is 2.98. The van der Waals surface area contributed by atoms with Gasteiger partial charge in [0, 0.05) is 43.4 Å². The molecule has 0 spiro atoms. The summed E-state index contributed by atoms with van der Waals surface area (Å²) in [5, 5.41) is 5.18. The van der Waals surface area contributed by atoms with E-state index in [9.17, 15) is 0 Å². The van der Waals surface area contributed by atoms with Crippen molar-refractivity contribution in [2.75, 3.05) is 31.1 Å². The number of halogens is 1. The number of hydrogen-bond acceptors (Lipinski definition) is 4. The van der Waals surface area contributed by atoms with Gasteiger partial charge in [0.2, 0.25) is 0 Å². The van der Waals surface area contributed by atoms with E-state index in [-0.39, 0.29) is 0 Å². The Morgan fingerprint density at radius 3 is 2.75 bits per heavy atom. The van der Waals surface area contributed by atoms with Crippen LogP contribution in [0, 0.1) is 11.7 Å². The van der Waals surface area contributed by atoms with E-state index >= 15 is 0 Å². The summed E-state index contributed by atoms with van der Waals surface area (Å²) in [6, 6.07) is 6.08. The molecule has 2 heterocycles. The first-order valence-electron chi connectivity index (χ1n) is 8.05. The lowest BCUT2D eigenvalue weighted by molar-refractivity contribution is 0.194. The monoisotopic (exact) mass is 363 g/mol. The topological polar surface area (TPSA) is 29.2 Å². The molecule has 0 saturated carbocycles. The summed E-state index contributed by atoms with van der Waals surface area (Å²) in [4.78, 5) is 4.77. The van der Waals surface area contributed by atoms with Crippen LogP contribution >= 0.6 is 23.8 Å². The zero-order valence-electron chi connectivity index (χ0n) is 13.9. The van der Waals surface area contributed by atoms with Crippen LogP contribution < -0.4 is 4.90 Å². The molecular formula is C17H22ClN5S. The number of allylic oxidation sites excluding steroid dienone is 1. The molecule has 1 saturated heterocycles. The third-order valence-corrected chi connectivity index (χ3v) is 5.02. The molecule has 1 aromatic heterocycles. The number of aryl methyl sites for hydroxylation is 1. The quantitative estimate of drug-likeness (QED) is 0.602. The molecule has 7 heteroatoms. The normalized spacial score (nSPS) is 15.7. The molecule has 0 N–H and O–H groups in total. The van der Waals surface area contributed by atoms with E-state index in [1.165, 1.54) is 11.3 Å². The Morgan fingerprint density at radius 2 is 2.04 bits per heavy atom. The van der Waals surface area contributed by atoms with Crippen molar-refractivity contribution in [1.82, 2.24) is 19.2 Å². The maximum atomic E-state index is 6.15. The first kappa shape index (κ1) is 17.2. The van der Waals surface area contributed by atoms with Crippen LogP contribution in [0.2, 0.25) is 5.02 Å². The molecule has 1 aliphatic heterocycles. The Bertz CT molecular complexity index is 774. The van der Waals surface area contributed by atoms with Crippen molar-refractivity contribution in [3.05, 3.63) is 52.5 Å². The van der Waals surface area contributed by atoms with Crippen LogP contribution in [-0.2, 0) is 13.2 Å². The minimum atomic E-state index is 0.695. The van der Waals surface area contributed by atoms with Crippen molar-refractivity contribution in [2.24, 2.45) is 0 Å².